The first kappa shape index (κ1) is 20.8. The zero-order valence-corrected chi connectivity index (χ0v) is 18.1. The number of aryl methyl sites for hydroxylation is 1. The minimum Gasteiger partial charge on any atom is -0.488 e. The molecule has 1 aromatic heterocycles. The fourth-order valence-electron chi connectivity index (χ4n) is 4.19. The molecule has 1 fully saturated rings. The number of carbonyl (C=O) groups is 2. The van der Waals surface area contributed by atoms with E-state index in [0.717, 1.165) is 36.2 Å². The number of rotatable bonds is 5. The second kappa shape index (κ2) is 8.02. The monoisotopic (exact) mass is 429 g/mol. The van der Waals surface area contributed by atoms with Crippen LogP contribution in [0.4, 0.5) is 5.00 Å². The normalized spacial score (nSPS) is 20.6. The first-order valence-corrected chi connectivity index (χ1v) is 11.0. The Balaban J connectivity index is 1.59. The number of carboxylic acids is 1. The van der Waals surface area contributed by atoms with E-state index in [9.17, 15) is 14.7 Å². The smallest absolute Gasteiger partial charge is 0.339 e. The molecule has 1 saturated heterocycles. The van der Waals surface area contributed by atoms with Crippen LogP contribution in [0.5, 0.6) is 5.75 Å². The molecule has 0 spiro atoms. The Morgan fingerprint density at radius 2 is 2.10 bits per heavy atom. The van der Waals surface area contributed by atoms with Gasteiger partial charge in [0.2, 0.25) is 0 Å². The molecule has 1 atom stereocenters. The summed E-state index contributed by atoms with van der Waals surface area (Å²) in [5, 5.41) is 14.8. The van der Waals surface area contributed by atoms with Gasteiger partial charge < -0.3 is 15.2 Å². The van der Waals surface area contributed by atoms with Crippen LogP contribution in [-0.4, -0.2) is 41.2 Å². The highest BCUT2D eigenvalue weighted by Crippen LogP contribution is 2.44. The van der Waals surface area contributed by atoms with Crippen LogP contribution in [0, 0.1) is 5.41 Å². The maximum atomic E-state index is 13.1. The van der Waals surface area contributed by atoms with Gasteiger partial charge in [-0.05, 0) is 48.8 Å². The van der Waals surface area contributed by atoms with Gasteiger partial charge in [-0.2, -0.15) is 0 Å². The van der Waals surface area contributed by atoms with Crippen molar-refractivity contribution < 1.29 is 19.4 Å². The summed E-state index contributed by atoms with van der Waals surface area (Å²) >= 11 is 1.38. The number of anilines is 1. The van der Waals surface area contributed by atoms with E-state index in [1.54, 1.807) is 23.2 Å². The van der Waals surface area contributed by atoms with Crippen LogP contribution in [0.15, 0.2) is 24.3 Å². The quantitative estimate of drug-likeness (QED) is 0.628. The molecule has 160 valence electrons. The van der Waals surface area contributed by atoms with E-state index in [1.165, 1.54) is 11.3 Å². The standard InChI is InChI=1S/C22H27N3O4S/c1-22(2)9-7-17-15(11-22)18(21(27)28)20(30-17)24-19(26)14-5-3-4-6-16(14)29-13-8-10-25(23)12-13/h3-6,13H,7-12,23H2,1-2H3,(H,24,26)(H,27,28)/t13-/m0/s1. The fraction of sp³-hybridized carbons (Fsp3) is 0.455. The van der Waals surface area contributed by atoms with Crippen molar-refractivity contribution >= 4 is 28.2 Å². The van der Waals surface area contributed by atoms with Crippen molar-refractivity contribution in [1.82, 2.24) is 5.01 Å². The van der Waals surface area contributed by atoms with Gasteiger partial charge in [0.05, 0.1) is 11.1 Å². The predicted octanol–water partition coefficient (Wildman–Crippen LogP) is 3.54. The van der Waals surface area contributed by atoms with Crippen molar-refractivity contribution in [3.05, 3.63) is 45.8 Å². The molecule has 1 amide bonds. The number of fused-ring (bicyclic) bond motifs is 1. The number of carboxylic acid groups (broad SMARTS) is 1. The Hall–Kier alpha value is -2.42. The molecule has 7 nitrogen and oxygen atoms in total. The second-order valence-corrected chi connectivity index (χ2v) is 9.93. The van der Waals surface area contributed by atoms with Gasteiger partial charge in [0.25, 0.3) is 5.91 Å². The highest BCUT2D eigenvalue weighted by atomic mass is 32.1. The Morgan fingerprint density at radius 1 is 1.33 bits per heavy atom. The summed E-state index contributed by atoms with van der Waals surface area (Å²) in [5.74, 6) is 4.92. The largest absolute Gasteiger partial charge is 0.488 e. The lowest BCUT2D eigenvalue weighted by molar-refractivity contribution is 0.0696. The third-order valence-electron chi connectivity index (χ3n) is 5.82. The number of thiophene rings is 1. The highest BCUT2D eigenvalue weighted by molar-refractivity contribution is 7.17. The number of hydrogen-bond acceptors (Lipinski definition) is 6. The average Bonchev–Trinajstić information content (AvgIpc) is 3.23. The average molecular weight is 430 g/mol. The minimum atomic E-state index is -1.00. The van der Waals surface area contributed by atoms with Crippen molar-refractivity contribution in [2.45, 2.75) is 45.6 Å². The van der Waals surface area contributed by atoms with Gasteiger partial charge >= 0.3 is 5.97 Å². The number of nitrogens with one attached hydrogen (secondary N) is 1. The number of amides is 1. The molecular weight excluding hydrogens is 402 g/mol. The number of hydrogen-bond donors (Lipinski definition) is 3. The Morgan fingerprint density at radius 3 is 2.80 bits per heavy atom. The highest BCUT2D eigenvalue weighted by Gasteiger charge is 2.33. The lowest BCUT2D eigenvalue weighted by Gasteiger charge is -2.29. The van der Waals surface area contributed by atoms with Crippen molar-refractivity contribution in [3.8, 4) is 5.75 Å². The number of carbonyl (C=O) groups excluding carboxylic acids is 1. The second-order valence-electron chi connectivity index (χ2n) is 8.83. The van der Waals surface area contributed by atoms with Crippen molar-refractivity contribution in [2.75, 3.05) is 18.4 Å². The lowest BCUT2D eigenvalue weighted by atomic mass is 9.76. The third-order valence-corrected chi connectivity index (χ3v) is 7.02. The van der Waals surface area contributed by atoms with Gasteiger partial charge in [-0.25, -0.2) is 9.80 Å². The van der Waals surface area contributed by atoms with E-state index in [2.05, 4.69) is 19.2 Å². The van der Waals surface area contributed by atoms with Crippen LogP contribution >= 0.6 is 11.3 Å². The van der Waals surface area contributed by atoms with E-state index in [-0.39, 0.29) is 23.0 Å². The van der Waals surface area contributed by atoms with Crippen LogP contribution in [0.1, 0.15) is 57.8 Å². The predicted molar refractivity (Wildman–Crippen MR) is 116 cm³/mol. The number of nitrogens with two attached hydrogens (primary N) is 1. The van der Waals surface area contributed by atoms with E-state index in [0.29, 0.717) is 29.3 Å². The lowest BCUT2D eigenvalue weighted by Crippen LogP contribution is -2.30. The van der Waals surface area contributed by atoms with Crippen molar-refractivity contribution in [2.24, 2.45) is 11.3 Å². The van der Waals surface area contributed by atoms with E-state index >= 15 is 0 Å². The molecule has 1 aliphatic carbocycles. The van der Waals surface area contributed by atoms with Crippen LogP contribution < -0.4 is 15.9 Å². The summed E-state index contributed by atoms with van der Waals surface area (Å²) in [6, 6.07) is 7.03. The first-order valence-electron chi connectivity index (χ1n) is 10.2. The summed E-state index contributed by atoms with van der Waals surface area (Å²) in [6.07, 6.45) is 3.26. The molecule has 8 heteroatoms. The molecule has 0 saturated carbocycles. The van der Waals surface area contributed by atoms with Crippen molar-refractivity contribution in [3.63, 3.8) is 0 Å². The van der Waals surface area contributed by atoms with E-state index in [4.69, 9.17) is 10.6 Å². The molecule has 2 heterocycles. The zero-order chi connectivity index (χ0) is 21.5. The number of aromatic carboxylic acids is 1. The summed E-state index contributed by atoms with van der Waals surface area (Å²) in [7, 11) is 0. The summed E-state index contributed by atoms with van der Waals surface area (Å²) in [4.78, 5) is 26.2. The molecular formula is C22H27N3O4S. The van der Waals surface area contributed by atoms with E-state index in [1.807, 2.05) is 6.07 Å². The molecule has 1 aliphatic heterocycles. The Bertz CT molecular complexity index is 985. The van der Waals surface area contributed by atoms with Crippen LogP contribution in [0.3, 0.4) is 0 Å². The van der Waals surface area contributed by atoms with Crippen molar-refractivity contribution in [1.29, 1.82) is 0 Å². The number of hydrazine groups is 1. The molecule has 30 heavy (non-hydrogen) atoms. The zero-order valence-electron chi connectivity index (χ0n) is 17.2. The number of ether oxygens (including phenoxy) is 1. The van der Waals surface area contributed by atoms with Gasteiger partial charge in [0, 0.05) is 18.0 Å². The number of benzene rings is 1. The van der Waals surface area contributed by atoms with Crippen LogP contribution in [-0.2, 0) is 12.8 Å². The van der Waals surface area contributed by atoms with E-state index < -0.39 is 5.97 Å². The molecule has 2 aromatic rings. The Labute approximate surface area is 179 Å². The molecule has 4 rings (SSSR count). The molecule has 1 aromatic carbocycles. The van der Waals surface area contributed by atoms with Crippen LogP contribution in [0.2, 0.25) is 0 Å². The first-order chi connectivity index (χ1) is 14.2. The number of para-hydroxylation sites is 1. The van der Waals surface area contributed by atoms with Crippen LogP contribution in [0.25, 0.3) is 0 Å². The summed E-state index contributed by atoms with van der Waals surface area (Å²) in [6.45, 7) is 5.65. The van der Waals surface area contributed by atoms with Gasteiger partial charge in [0.15, 0.2) is 0 Å². The molecule has 0 bridgehead atoms. The maximum absolute atomic E-state index is 13.1. The third kappa shape index (κ3) is 4.21. The fourth-order valence-corrected chi connectivity index (χ4v) is 5.40. The summed E-state index contributed by atoms with van der Waals surface area (Å²) < 4.78 is 6.03. The summed E-state index contributed by atoms with van der Waals surface area (Å²) in [5.41, 5.74) is 1.52. The van der Waals surface area contributed by atoms with Gasteiger partial charge in [0.1, 0.15) is 16.9 Å². The topological polar surface area (TPSA) is 105 Å². The molecule has 4 N–H and O–H groups in total. The number of nitrogens with zero attached hydrogens (tertiary/aromatic N) is 1. The van der Waals surface area contributed by atoms with Gasteiger partial charge in [-0.3, -0.25) is 10.6 Å². The molecule has 2 aliphatic rings. The maximum Gasteiger partial charge on any atom is 0.339 e. The van der Waals surface area contributed by atoms with Gasteiger partial charge in [-0.1, -0.05) is 26.0 Å². The molecule has 0 radical (unpaired) electrons. The SMILES string of the molecule is CC1(C)CCc2sc(NC(=O)c3ccccc3O[C@H]3CCN(N)C3)c(C(=O)O)c2C1. The molecule has 0 unspecified atom stereocenters. The minimum absolute atomic E-state index is 0.0537. The van der Waals surface area contributed by atoms with Gasteiger partial charge in [-0.15, -0.1) is 11.3 Å². The Kier molecular flexibility index (Phi) is 5.57.